The van der Waals surface area contributed by atoms with E-state index in [4.69, 9.17) is 0 Å². The Morgan fingerprint density at radius 2 is 2.21 bits per heavy atom. The zero-order chi connectivity index (χ0) is 14.2. The molecule has 106 valence electrons. The van der Waals surface area contributed by atoms with Gasteiger partial charge in [-0.3, -0.25) is 9.48 Å². The molecule has 0 fully saturated rings. The van der Waals surface area contributed by atoms with E-state index in [9.17, 15) is 13.2 Å². The smallest absolute Gasteiger partial charge is 0.281 e. The number of carbonyl (C=O) groups excluding carboxylic acids is 1. The first kappa shape index (κ1) is 14.0. The number of aromatic nitrogens is 2. The van der Waals surface area contributed by atoms with Gasteiger partial charge in [-0.1, -0.05) is 0 Å². The van der Waals surface area contributed by atoms with E-state index in [1.165, 1.54) is 25.4 Å². The predicted molar refractivity (Wildman–Crippen MR) is 68.3 cm³/mol. The summed E-state index contributed by atoms with van der Waals surface area (Å²) in [7, 11) is 0.906. The molecule has 1 aliphatic rings. The predicted octanol–water partition coefficient (Wildman–Crippen LogP) is -1.21. The molecule has 0 spiro atoms. The molecule has 1 N–H and O–H groups in total. The molecule has 0 saturated heterocycles. The lowest BCUT2D eigenvalue weighted by Gasteiger charge is -2.33. The van der Waals surface area contributed by atoms with Gasteiger partial charge in [0.05, 0.1) is 12.2 Å². The maximum absolute atomic E-state index is 12.2. The fourth-order valence-corrected chi connectivity index (χ4v) is 3.12. The van der Waals surface area contributed by atoms with Crippen LogP contribution in [0.25, 0.3) is 0 Å². The van der Waals surface area contributed by atoms with Crippen LogP contribution in [0.15, 0.2) is 12.3 Å². The summed E-state index contributed by atoms with van der Waals surface area (Å²) in [4.78, 5) is 11.9. The topological polar surface area (TPSA) is 87.5 Å². The van der Waals surface area contributed by atoms with Gasteiger partial charge in [0.1, 0.15) is 6.04 Å². The summed E-state index contributed by atoms with van der Waals surface area (Å²) >= 11 is 0. The number of hydrogen-bond donors (Lipinski definition) is 1. The Kier molecular flexibility index (Phi) is 3.61. The van der Waals surface area contributed by atoms with Crippen molar-refractivity contribution in [3.05, 3.63) is 18.0 Å². The van der Waals surface area contributed by atoms with Crippen LogP contribution in [0.5, 0.6) is 0 Å². The molecule has 2 rings (SSSR count). The first-order chi connectivity index (χ1) is 8.87. The average Bonchev–Trinajstić information content (AvgIpc) is 2.84. The van der Waals surface area contributed by atoms with Gasteiger partial charge < -0.3 is 5.32 Å². The molecule has 19 heavy (non-hydrogen) atoms. The van der Waals surface area contributed by atoms with Crippen molar-refractivity contribution in [1.82, 2.24) is 23.7 Å². The van der Waals surface area contributed by atoms with Crippen LogP contribution in [0.4, 0.5) is 0 Å². The summed E-state index contributed by atoms with van der Waals surface area (Å²) in [6.45, 7) is 0.295. The minimum Gasteiger partial charge on any atom is -0.357 e. The number of nitrogens with zero attached hydrogens (tertiary/aromatic N) is 4. The highest BCUT2D eigenvalue weighted by Gasteiger charge is 2.36. The monoisotopic (exact) mass is 287 g/mol. The van der Waals surface area contributed by atoms with Crippen LogP contribution in [0.2, 0.25) is 0 Å². The van der Waals surface area contributed by atoms with Crippen molar-refractivity contribution in [2.45, 2.75) is 12.6 Å². The lowest BCUT2D eigenvalue weighted by Crippen LogP contribution is -2.49. The molecule has 9 heteroatoms. The van der Waals surface area contributed by atoms with Crippen LogP contribution in [0.1, 0.15) is 11.7 Å². The van der Waals surface area contributed by atoms with Gasteiger partial charge in [0.25, 0.3) is 10.2 Å². The van der Waals surface area contributed by atoms with Gasteiger partial charge >= 0.3 is 0 Å². The number of amides is 1. The van der Waals surface area contributed by atoms with Gasteiger partial charge in [-0.25, -0.2) is 0 Å². The summed E-state index contributed by atoms with van der Waals surface area (Å²) in [6.07, 6.45) is 1.57. The Morgan fingerprint density at radius 3 is 2.79 bits per heavy atom. The third kappa shape index (κ3) is 2.36. The molecule has 0 saturated carbocycles. The first-order valence-corrected chi connectivity index (χ1v) is 7.19. The number of nitrogens with one attached hydrogen (secondary N) is 1. The molecular formula is C10H17N5O3S. The third-order valence-electron chi connectivity index (χ3n) is 3.10. The van der Waals surface area contributed by atoms with Crippen LogP contribution < -0.4 is 5.32 Å². The summed E-state index contributed by atoms with van der Waals surface area (Å²) in [6, 6.07) is 1.08. The van der Waals surface area contributed by atoms with Gasteiger partial charge in [-0.2, -0.15) is 22.1 Å². The molecule has 8 nitrogen and oxygen atoms in total. The van der Waals surface area contributed by atoms with Gasteiger partial charge in [-0.15, -0.1) is 0 Å². The van der Waals surface area contributed by atoms with Crippen LogP contribution in [-0.4, -0.2) is 60.4 Å². The zero-order valence-electron chi connectivity index (χ0n) is 11.1. The minimum absolute atomic E-state index is 0.0782. The van der Waals surface area contributed by atoms with Crippen LogP contribution in [-0.2, 0) is 21.5 Å². The normalized spacial score (nSPS) is 20.3. The maximum Gasteiger partial charge on any atom is 0.281 e. The second-order valence-corrected chi connectivity index (χ2v) is 6.62. The molecule has 1 amide bonds. The maximum atomic E-state index is 12.2. The molecule has 1 aromatic rings. The lowest BCUT2D eigenvalue weighted by atomic mass is 10.2. The second kappa shape index (κ2) is 4.91. The highest BCUT2D eigenvalue weighted by atomic mass is 32.2. The number of likely N-dealkylation sites (N-methyl/N-ethyl adjacent to an activating group) is 1. The van der Waals surface area contributed by atoms with Crippen molar-refractivity contribution in [1.29, 1.82) is 0 Å². The van der Waals surface area contributed by atoms with Gasteiger partial charge in [0.15, 0.2) is 0 Å². The van der Waals surface area contributed by atoms with E-state index in [2.05, 4.69) is 10.4 Å². The number of carbonyl (C=O) groups is 1. The number of hydrogen-bond acceptors (Lipinski definition) is 4. The van der Waals surface area contributed by atoms with E-state index in [0.29, 0.717) is 5.69 Å². The summed E-state index contributed by atoms with van der Waals surface area (Å²) < 4.78 is 28.3. The molecule has 1 atom stereocenters. The molecule has 0 radical (unpaired) electrons. The Morgan fingerprint density at radius 1 is 1.53 bits per heavy atom. The molecule has 1 unspecified atom stereocenters. The van der Waals surface area contributed by atoms with Gasteiger partial charge in [-0.05, 0) is 6.07 Å². The summed E-state index contributed by atoms with van der Waals surface area (Å²) in [5, 5.41) is 6.62. The standard InChI is InChI=1S/C10H17N5O3S/c1-11-10(16)9-7-14(19(17,18)13(2)3)6-8-4-5-12-15(8)9/h4-5,9H,6-7H2,1-3H3,(H,11,16). The van der Waals surface area contributed by atoms with Crippen molar-refractivity contribution in [2.75, 3.05) is 27.7 Å². The Hall–Kier alpha value is -1.45. The van der Waals surface area contributed by atoms with Crippen molar-refractivity contribution in [3.63, 3.8) is 0 Å². The van der Waals surface area contributed by atoms with Crippen molar-refractivity contribution in [2.24, 2.45) is 0 Å². The van der Waals surface area contributed by atoms with E-state index in [1.54, 1.807) is 16.9 Å². The number of fused-ring (bicyclic) bond motifs is 1. The molecule has 0 aromatic carbocycles. The molecule has 1 aliphatic heterocycles. The largest absolute Gasteiger partial charge is 0.357 e. The zero-order valence-corrected chi connectivity index (χ0v) is 11.9. The molecular weight excluding hydrogens is 270 g/mol. The van der Waals surface area contributed by atoms with E-state index in [1.807, 2.05) is 0 Å². The average molecular weight is 287 g/mol. The summed E-state index contributed by atoms with van der Waals surface area (Å²) in [5.74, 6) is -0.261. The van der Waals surface area contributed by atoms with Crippen molar-refractivity contribution < 1.29 is 13.2 Å². The number of rotatable bonds is 3. The second-order valence-electron chi connectivity index (χ2n) is 4.48. The Labute approximate surface area is 112 Å². The van der Waals surface area contributed by atoms with Crippen LogP contribution >= 0.6 is 0 Å². The van der Waals surface area contributed by atoms with Gasteiger partial charge in [0.2, 0.25) is 5.91 Å². The lowest BCUT2D eigenvalue weighted by molar-refractivity contribution is -0.124. The molecule has 2 heterocycles. The van der Waals surface area contributed by atoms with Crippen molar-refractivity contribution >= 4 is 16.1 Å². The minimum atomic E-state index is -3.55. The third-order valence-corrected chi connectivity index (χ3v) is 4.95. The molecule has 1 aromatic heterocycles. The Balaban J connectivity index is 2.38. The van der Waals surface area contributed by atoms with E-state index >= 15 is 0 Å². The Bertz CT molecular complexity index is 580. The van der Waals surface area contributed by atoms with E-state index < -0.39 is 16.3 Å². The quantitative estimate of drug-likeness (QED) is 0.756. The van der Waals surface area contributed by atoms with E-state index in [0.717, 1.165) is 4.31 Å². The molecule has 0 bridgehead atoms. The summed E-state index contributed by atoms with van der Waals surface area (Å²) in [5.41, 5.74) is 0.699. The molecule has 0 aliphatic carbocycles. The first-order valence-electron chi connectivity index (χ1n) is 5.79. The highest BCUT2D eigenvalue weighted by molar-refractivity contribution is 7.86. The SMILES string of the molecule is CNC(=O)C1CN(S(=O)(=O)N(C)C)Cc2ccnn21. The van der Waals surface area contributed by atoms with Gasteiger partial charge in [0, 0.05) is 33.9 Å². The van der Waals surface area contributed by atoms with E-state index in [-0.39, 0.29) is 19.0 Å². The fraction of sp³-hybridized carbons (Fsp3) is 0.600. The van der Waals surface area contributed by atoms with Crippen LogP contribution in [0, 0.1) is 0 Å². The van der Waals surface area contributed by atoms with Crippen LogP contribution in [0.3, 0.4) is 0 Å². The fourth-order valence-electron chi connectivity index (χ4n) is 2.03. The highest BCUT2D eigenvalue weighted by Crippen LogP contribution is 2.23. The van der Waals surface area contributed by atoms with Crippen molar-refractivity contribution in [3.8, 4) is 0 Å².